The second kappa shape index (κ2) is 9.91. The highest BCUT2D eigenvalue weighted by Gasteiger charge is 2.34. The number of anilines is 1. The second-order valence-corrected chi connectivity index (χ2v) is 8.29. The fraction of sp³-hybridized carbons (Fsp3) is 0.185. The van der Waals surface area contributed by atoms with Gasteiger partial charge in [0.25, 0.3) is 0 Å². The molecule has 0 bridgehead atoms. The lowest BCUT2D eigenvalue weighted by molar-refractivity contribution is -0.115. The number of benzene rings is 2. The Bertz CT molecular complexity index is 1420. The van der Waals surface area contributed by atoms with Crippen LogP contribution in [-0.4, -0.2) is 32.3 Å². The average Bonchev–Trinajstić information content (AvgIpc) is 3.32. The standard InChI is InChI=1S/C27H26N6O3/c1-3-35-22-14-19(11-12-21(22)36-16-18-8-5-4-6-9-18)24-23(25(28)34)17(2)30-27-31-26(32-33(24)27)20-10-7-13-29-15-20/h4-15,24H,3,16H2,1-2H3,(H2,28,34)(H,30,31,32). The summed E-state index contributed by atoms with van der Waals surface area (Å²) in [4.78, 5) is 21.4. The Morgan fingerprint density at radius 2 is 1.92 bits per heavy atom. The first-order valence-corrected chi connectivity index (χ1v) is 11.6. The van der Waals surface area contributed by atoms with Crippen LogP contribution < -0.4 is 20.5 Å². The van der Waals surface area contributed by atoms with Crippen molar-refractivity contribution in [3.63, 3.8) is 0 Å². The van der Waals surface area contributed by atoms with Crippen LogP contribution in [-0.2, 0) is 11.4 Å². The van der Waals surface area contributed by atoms with Crippen LogP contribution in [0.4, 0.5) is 5.95 Å². The Hall–Kier alpha value is -4.66. The van der Waals surface area contributed by atoms with Crippen molar-refractivity contribution in [2.24, 2.45) is 5.73 Å². The van der Waals surface area contributed by atoms with Gasteiger partial charge in [-0.2, -0.15) is 4.98 Å². The van der Waals surface area contributed by atoms with E-state index in [0.29, 0.717) is 47.8 Å². The number of fused-ring (bicyclic) bond motifs is 1. The quantitative estimate of drug-likeness (QED) is 0.388. The molecular weight excluding hydrogens is 456 g/mol. The third kappa shape index (κ3) is 4.50. The smallest absolute Gasteiger partial charge is 0.248 e. The molecular formula is C27H26N6O3. The Morgan fingerprint density at radius 1 is 1.08 bits per heavy atom. The normalized spacial score (nSPS) is 14.7. The molecule has 2 aromatic carbocycles. The maximum atomic E-state index is 12.6. The molecule has 1 unspecified atom stereocenters. The molecule has 9 nitrogen and oxygen atoms in total. The van der Waals surface area contributed by atoms with Crippen LogP contribution in [0.1, 0.15) is 31.0 Å². The highest BCUT2D eigenvalue weighted by atomic mass is 16.5. The summed E-state index contributed by atoms with van der Waals surface area (Å²) in [6, 6.07) is 18.6. The van der Waals surface area contributed by atoms with Gasteiger partial charge in [0.1, 0.15) is 12.6 Å². The van der Waals surface area contributed by atoms with Crippen LogP contribution in [0.3, 0.4) is 0 Å². The molecule has 3 N–H and O–H groups in total. The van der Waals surface area contributed by atoms with Gasteiger partial charge in [0.2, 0.25) is 11.9 Å². The molecule has 1 amide bonds. The lowest BCUT2D eigenvalue weighted by atomic mass is 9.95. The first-order chi connectivity index (χ1) is 17.5. The maximum Gasteiger partial charge on any atom is 0.248 e. The Morgan fingerprint density at radius 3 is 2.64 bits per heavy atom. The topological polar surface area (TPSA) is 117 Å². The van der Waals surface area contributed by atoms with Gasteiger partial charge in [0.15, 0.2) is 17.3 Å². The number of amides is 1. The van der Waals surface area contributed by atoms with Gasteiger partial charge in [-0.3, -0.25) is 9.78 Å². The van der Waals surface area contributed by atoms with Crippen molar-refractivity contribution in [1.29, 1.82) is 0 Å². The minimum Gasteiger partial charge on any atom is -0.490 e. The summed E-state index contributed by atoms with van der Waals surface area (Å²) in [5.41, 5.74) is 9.42. The molecule has 182 valence electrons. The summed E-state index contributed by atoms with van der Waals surface area (Å²) in [6.45, 7) is 4.57. The van der Waals surface area contributed by atoms with Crippen LogP contribution in [0.2, 0.25) is 0 Å². The van der Waals surface area contributed by atoms with Crippen molar-refractivity contribution in [1.82, 2.24) is 19.7 Å². The molecule has 3 heterocycles. The number of ether oxygens (including phenoxy) is 2. The van der Waals surface area contributed by atoms with Crippen molar-refractivity contribution in [2.45, 2.75) is 26.5 Å². The summed E-state index contributed by atoms with van der Waals surface area (Å²) in [5, 5.41) is 7.87. The molecule has 0 fully saturated rings. The van der Waals surface area contributed by atoms with Gasteiger partial charge < -0.3 is 20.5 Å². The molecule has 9 heteroatoms. The number of carbonyl (C=O) groups is 1. The van der Waals surface area contributed by atoms with Crippen molar-refractivity contribution in [2.75, 3.05) is 11.9 Å². The molecule has 0 spiro atoms. The summed E-state index contributed by atoms with van der Waals surface area (Å²) in [5.74, 6) is 1.62. The van der Waals surface area contributed by atoms with Crippen LogP contribution >= 0.6 is 0 Å². The largest absolute Gasteiger partial charge is 0.490 e. The minimum absolute atomic E-state index is 0.394. The summed E-state index contributed by atoms with van der Waals surface area (Å²) < 4.78 is 13.6. The molecule has 2 aromatic heterocycles. The number of hydrogen-bond acceptors (Lipinski definition) is 7. The Kier molecular flexibility index (Phi) is 6.36. The van der Waals surface area contributed by atoms with E-state index in [1.807, 2.05) is 67.6 Å². The molecule has 1 aliphatic heterocycles. The molecule has 1 atom stereocenters. The van der Waals surface area contributed by atoms with Crippen molar-refractivity contribution in [3.05, 3.63) is 95.5 Å². The number of aromatic nitrogens is 4. The molecule has 1 aliphatic rings. The molecule has 0 saturated heterocycles. The minimum atomic E-state index is -0.598. The van der Waals surface area contributed by atoms with E-state index in [-0.39, 0.29) is 0 Å². The van der Waals surface area contributed by atoms with Crippen LogP contribution in [0.5, 0.6) is 11.5 Å². The average molecular weight is 483 g/mol. The van der Waals surface area contributed by atoms with Crippen molar-refractivity contribution >= 4 is 11.9 Å². The zero-order valence-electron chi connectivity index (χ0n) is 20.0. The van der Waals surface area contributed by atoms with E-state index in [1.54, 1.807) is 24.0 Å². The fourth-order valence-electron chi connectivity index (χ4n) is 4.21. The van der Waals surface area contributed by atoms with E-state index < -0.39 is 11.9 Å². The van der Waals surface area contributed by atoms with Gasteiger partial charge in [-0.15, -0.1) is 5.10 Å². The van der Waals surface area contributed by atoms with Gasteiger partial charge >= 0.3 is 0 Å². The SMILES string of the molecule is CCOc1cc(C2C(C(N)=O)=C(C)Nc3nc(-c4cccnc4)nn32)ccc1OCc1ccccc1. The van der Waals surface area contributed by atoms with Crippen molar-refractivity contribution < 1.29 is 14.3 Å². The first kappa shape index (κ1) is 23.1. The zero-order chi connectivity index (χ0) is 25.1. The first-order valence-electron chi connectivity index (χ1n) is 11.6. The zero-order valence-corrected chi connectivity index (χ0v) is 20.0. The number of nitrogens with zero attached hydrogens (tertiary/aromatic N) is 4. The van der Waals surface area contributed by atoms with Gasteiger partial charge in [0.05, 0.1) is 12.2 Å². The number of allylic oxidation sites excluding steroid dienone is 1. The third-order valence-corrected chi connectivity index (χ3v) is 5.86. The monoisotopic (exact) mass is 482 g/mol. The maximum absolute atomic E-state index is 12.6. The Labute approximate surface area is 208 Å². The van der Waals surface area contributed by atoms with Crippen LogP contribution in [0.15, 0.2) is 84.3 Å². The van der Waals surface area contributed by atoms with E-state index in [9.17, 15) is 4.79 Å². The number of pyridine rings is 1. The number of nitrogens with two attached hydrogens (primary N) is 1. The van der Waals surface area contributed by atoms with Crippen LogP contribution in [0, 0.1) is 0 Å². The highest BCUT2D eigenvalue weighted by Crippen LogP contribution is 2.39. The van der Waals surface area contributed by atoms with E-state index in [2.05, 4.69) is 15.3 Å². The number of primary amides is 1. The molecule has 4 aromatic rings. The van der Waals surface area contributed by atoms with E-state index >= 15 is 0 Å². The number of rotatable bonds is 8. The molecule has 0 aliphatic carbocycles. The van der Waals surface area contributed by atoms with E-state index in [0.717, 1.165) is 16.7 Å². The van der Waals surface area contributed by atoms with Crippen LogP contribution in [0.25, 0.3) is 11.4 Å². The van der Waals surface area contributed by atoms with Crippen molar-refractivity contribution in [3.8, 4) is 22.9 Å². The predicted molar refractivity (Wildman–Crippen MR) is 135 cm³/mol. The van der Waals surface area contributed by atoms with Gasteiger partial charge in [-0.05, 0) is 49.2 Å². The predicted octanol–water partition coefficient (Wildman–Crippen LogP) is 4.09. The number of nitrogens with one attached hydrogen (secondary N) is 1. The molecule has 0 radical (unpaired) electrons. The highest BCUT2D eigenvalue weighted by molar-refractivity contribution is 5.95. The molecule has 36 heavy (non-hydrogen) atoms. The summed E-state index contributed by atoms with van der Waals surface area (Å²) >= 11 is 0. The lowest BCUT2D eigenvalue weighted by Crippen LogP contribution is -2.31. The van der Waals surface area contributed by atoms with E-state index in [1.165, 1.54) is 0 Å². The summed E-state index contributed by atoms with van der Waals surface area (Å²) in [6.07, 6.45) is 3.38. The Balaban J connectivity index is 1.55. The summed E-state index contributed by atoms with van der Waals surface area (Å²) in [7, 11) is 0. The second-order valence-electron chi connectivity index (χ2n) is 8.29. The van der Waals surface area contributed by atoms with E-state index in [4.69, 9.17) is 20.3 Å². The fourth-order valence-corrected chi connectivity index (χ4v) is 4.21. The lowest BCUT2D eigenvalue weighted by Gasteiger charge is -2.28. The third-order valence-electron chi connectivity index (χ3n) is 5.86. The number of hydrogen-bond donors (Lipinski definition) is 2. The molecule has 5 rings (SSSR count). The molecule has 0 saturated carbocycles. The van der Waals surface area contributed by atoms with Gasteiger partial charge in [0, 0.05) is 23.7 Å². The van der Waals surface area contributed by atoms with Gasteiger partial charge in [-0.1, -0.05) is 36.4 Å². The number of carbonyl (C=O) groups excluding carboxylic acids is 1. The van der Waals surface area contributed by atoms with Gasteiger partial charge in [-0.25, -0.2) is 4.68 Å².